The number of amides is 1. The maximum Gasteiger partial charge on any atom is 0.330 e. The van der Waals surface area contributed by atoms with Crippen LogP contribution in [0.2, 0.25) is 0 Å². The Labute approximate surface area is 182 Å². The number of unbranched alkanes of at least 4 members (excludes halogenated alkanes) is 1. The number of nitrogens with one attached hydrogen (secondary N) is 2. The van der Waals surface area contributed by atoms with Crippen LogP contribution in [0.15, 0.2) is 9.59 Å². The highest BCUT2D eigenvalue weighted by atomic mass is 16.5. The minimum absolute atomic E-state index is 0.0356. The topological polar surface area (TPSA) is 111 Å². The fourth-order valence-electron chi connectivity index (χ4n) is 4.14. The highest BCUT2D eigenvalue weighted by Gasteiger charge is 2.24. The number of hydrogen-bond acceptors (Lipinski definition) is 5. The fourth-order valence-corrected chi connectivity index (χ4v) is 4.14. The van der Waals surface area contributed by atoms with Crippen molar-refractivity contribution in [1.82, 2.24) is 24.4 Å². The zero-order valence-electron chi connectivity index (χ0n) is 19.1. The third-order valence-electron chi connectivity index (χ3n) is 5.73. The predicted molar refractivity (Wildman–Crippen MR) is 119 cm³/mol. The molecule has 1 amide bonds. The van der Waals surface area contributed by atoms with Gasteiger partial charge in [-0.1, -0.05) is 27.2 Å². The molecule has 0 aromatic carbocycles. The van der Waals surface area contributed by atoms with Crippen LogP contribution in [0.25, 0.3) is 11.2 Å². The number of carbonyl (C=O) groups excluding carboxylic acids is 1. The summed E-state index contributed by atoms with van der Waals surface area (Å²) in [6, 6.07) is -0.0356. The largest absolute Gasteiger partial charge is 0.376 e. The number of aryl methyl sites for hydroxylation is 2. The molecule has 1 aliphatic heterocycles. The van der Waals surface area contributed by atoms with Crippen molar-refractivity contribution in [3.8, 4) is 0 Å². The smallest absolute Gasteiger partial charge is 0.330 e. The van der Waals surface area contributed by atoms with E-state index in [0.717, 1.165) is 32.3 Å². The average molecular weight is 434 g/mol. The monoisotopic (exact) mass is 433 g/mol. The van der Waals surface area contributed by atoms with Crippen LogP contribution in [0.5, 0.6) is 0 Å². The Morgan fingerprint density at radius 3 is 2.71 bits per heavy atom. The van der Waals surface area contributed by atoms with Crippen molar-refractivity contribution >= 4 is 17.1 Å². The summed E-state index contributed by atoms with van der Waals surface area (Å²) in [6.07, 6.45) is 4.46. The van der Waals surface area contributed by atoms with E-state index < -0.39 is 11.2 Å². The molecule has 1 aliphatic rings. The summed E-state index contributed by atoms with van der Waals surface area (Å²) in [5.74, 6) is 0.869. The van der Waals surface area contributed by atoms with Gasteiger partial charge in [-0.2, -0.15) is 0 Å². The summed E-state index contributed by atoms with van der Waals surface area (Å²) in [4.78, 5) is 44.7. The number of H-pyrrole nitrogens is 1. The van der Waals surface area contributed by atoms with Gasteiger partial charge < -0.3 is 14.6 Å². The van der Waals surface area contributed by atoms with Crippen LogP contribution in [-0.2, 0) is 29.0 Å². The highest BCUT2D eigenvalue weighted by molar-refractivity contribution is 5.77. The number of carbonyl (C=O) groups is 1. The van der Waals surface area contributed by atoms with Crippen molar-refractivity contribution in [1.29, 1.82) is 0 Å². The van der Waals surface area contributed by atoms with Gasteiger partial charge in [0.1, 0.15) is 5.82 Å². The molecule has 31 heavy (non-hydrogen) atoms. The van der Waals surface area contributed by atoms with E-state index in [-0.39, 0.29) is 30.4 Å². The van der Waals surface area contributed by atoms with E-state index in [1.807, 2.05) is 18.4 Å². The second-order valence-corrected chi connectivity index (χ2v) is 8.88. The normalized spacial score (nSPS) is 17.5. The number of hydrogen-bond donors (Lipinski definition) is 2. The molecule has 3 heterocycles. The lowest BCUT2D eigenvalue weighted by atomic mass is 10.1. The zero-order valence-corrected chi connectivity index (χ0v) is 19.1. The first-order chi connectivity index (χ1) is 14.8. The number of aromatic amines is 1. The van der Waals surface area contributed by atoms with Crippen molar-refractivity contribution in [3.63, 3.8) is 0 Å². The molecule has 1 saturated heterocycles. The zero-order chi connectivity index (χ0) is 22.5. The summed E-state index contributed by atoms with van der Waals surface area (Å²) in [7, 11) is 0. The van der Waals surface area contributed by atoms with Gasteiger partial charge in [-0.3, -0.25) is 19.1 Å². The molecule has 0 aliphatic carbocycles. The quantitative estimate of drug-likeness (QED) is 0.595. The second-order valence-electron chi connectivity index (χ2n) is 8.88. The van der Waals surface area contributed by atoms with Crippen LogP contribution < -0.4 is 16.6 Å². The predicted octanol–water partition coefficient (Wildman–Crippen LogP) is 1.96. The molecule has 0 saturated carbocycles. The van der Waals surface area contributed by atoms with Gasteiger partial charge in [0.2, 0.25) is 5.91 Å². The first-order valence-electron chi connectivity index (χ1n) is 11.4. The van der Waals surface area contributed by atoms with Crippen molar-refractivity contribution in [2.24, 2.45) is 5.92 Å². The standard InChI is InChI=1S/C22H35N5O4/c1-5-6-11-26-20-19(21(29)25-22(26)30)27(13-14(2)3)17(24-20)9-10-18(28)23-15(4)16-8-7-12-31-16/h14-16H,5-13H2,1-4H3,(H,23,28)(H,25,29,30). The third-order valence-corrected chi connectivity index (χ3v) is 5.73. The van der Waals surface area contributed by atoms with Crippen LogP contribution in [-0.4, -0.2) is 43.8 Å². The molecule has 0 bridgehead atoms. The molecule has 2 aromatic heterocycles. The molecule has 9 heteroatoms. The maximum absolute atomic E-state index is 12.6. The molecule has 1 fully saturated rings. The van der Waals surface area contributed by atoms with Crippen LogP contribution in [0.4, 0.5) is 0 Å². The molecule has 0 radical (unpaired) electrons. The van der Waals surface area contributed by atoms with Gasteiger partial charge in [-0.25, -0.2) is 9.78 Å². The Morgan fingerprint density at radius 1 is 1.29 bits per heavy atom. The molecule has 2 atom stereocenters. The SMILES string of the molecule is CCCCn1c(=O)[nH]c(=O)c2c1nc(CCC(=O)NC(C)C1CCCO1)n2CC(C)C. The molecule has 172 valence electrons. The minimum Gasteiger partial charge on any atom is -0.376 e. The average Bonchev–Trinajstić information content (AvgIpc) is 3.35. The van der Waals surface area contributed by atoms with Gasteiger partial charge in [0.25, 0.3) is 5.56 Å². The molecule has 2 aromatic rings. The van der Waals surface area contributed by atoms with Gasteiger partial charge in [-0.15, -0.1) is 0 Å². The molecule has 0 spiro atoms. The molecular weight excluding hydrogens is 398 g/mol. The maximum atomic E-state index is 12.6. The molecule has 2 unspecified atom stereocenters. The van der Waals surface area contributed by atoms with Gasteiger partial charge in [0.15, 0.2) is 11.2 Å². The highest BCUT2D eigenvalue weighted by Crippen LogP contribution is 2.17. The number of imidazole rings is 1. The van der Waals surface area contributed by atoms with Crippen LogP contribution in [0.3, 0.4) is 0 Å². The number of aromatic nitrogens is 4. The van der Waals surface area contributed by atoms with Crippen LogP contribution in [0, 0.1) is 5.92 Å². The summed E-state index contributed by atoms with van der Waals surface area (Å²) in [5, 5.41) is 3.02. The Balaban J connectivity index is 1.86. The minimum atomic E-state index is -0.435. The van der Waals surface area contributed by atoms with Gasteiger partial charge in [0.05, 0.1) is 12.1 Å². The Morgan fingerprint density at radius 2 is 2.06 bits per heavy atom. The molecule has 9 nitrogen and oxygen atoms in total. The lowest BCUT2D eigenvalue weighted by Crippen LogP contribution is -2.41. The summed E-state index contributed by atoms with van der Waals surface area (Å²) in [5.41, 5.74) is -0.0445. The van der Waals surface area contributed by atoms with E-state index >= 15 is 0 Å². The van der Waals surface area contributed by atoms with E-state index in [1.165, 1.54) is 0 Å². The lowest BCUT2D eigenvalue weighted by Gasteiger charge is -2.20. The fraction of sp³-hybridized carbons (Fsp3) is 0.727. The van der Waals surface area contributed by atoms with Gasteiger partial charge in [0, 0.05) is 32.5 Å². The van der Waals surface area contributed by atoms with Crippen molar-refractivity contribution in [2.45, 2.75) is 91.5 Å². The molecule has 2 N–H and O–H groups in total. The van der Waals surface area contributed by atoms with Crippen LogP contribution >= 0.6 is 0 Å². The Hall–Kier alpha value is -2.42. The number of ether oxygens (including phenoxy) is 1. The van der Waals surface area contributed by atoms with Gasteiger partial charge >= 0.3 is 5.69 Å². The summed E-state index contributed by atoms with van der Waals surface area (Å²) < 4.78 is 9.06. The van der Waals surface area contributed by atoms with Crippen molar-refractivity contribution in [2.75, 3.05) is 6.61 Å². The van der Waals surface area contributed by atoms with E-state index in [1.54, 1.807) is 4.57 Å². The Kier molecular flexibility index (Phi) is 7.69. The number of nitrogens with zero attached hydrogens (tertiary/aromatic N) is 3. The van der Waals surface area contributed by atoms with Crippen molar-refractivity contribution < 1.29 is 9.53 Å². The van der Waals surface area contributed by atoms with Crippen molar-refractivity contribution in [3.05, 3.63) is 26.7 Å². The summed E-state index contributed by atoms with van der Waals surface area (Å²) in [6.45, 7) is 9.98. The Bertz CT molecular complexity index is 1010. The number of fused-ring (bicyclic) bond motifs is 1. The lowest BCUT2D eigenvalue weighted by molar-refractivity contribution is -0.122. The third kappa shape index (κ3) is 5.44. The molecule has 3 rings (SSSR count). The number of rotatable bonds is 10. The van der Waals surface area contributed by atoms with E-state index in [9.17, 15) is 14.4 Å². The first-order valence-corrected chi connectivity index (χ1v) is 11.4. The van der Waals surface area contributed by atoms with E-state index in [4.69, 9.17) is 4.74 Å². The van der Waals surface area contributed by atoms with E-state index in [2.05, 4.69) is 29.1 Å². The first kappa shape index (κ1) is 23.2. The van der Waals surface area contributed by atoms with E-state index in [0.29, 0.717) is 36.5 Å². The second kappa shape index (κ2) is 10.3. The summed E-state index contributed by atoms with van der Waals surface area (Å²) >= 11 is 0. The molecular formula is C22H35N5O4. The van der Waals surface area contributed by atoms with Gasteiger partial charge in [-0.05, 0) is 32.1 Å². The van der Waals surface area contributed by atoms with Crippen LogP contribution in [0.1, 0.15) is 65.6 Å².